The van der Waals surface area contributed by atoms with Crippen molar-refractivity contribution >= 4 is 21.7 Å². The molecule has 0 bridgehead atoms. The Kier molecular flexibility index (Phi) is 10.5. The van der Waals surface area contributed by atoms with Crippen molar-refractivity contribution in [2.24, 2.45) is 0 Å². The number of aromatic nitrogens is 1. The summed E-state index contributed by atoms with van der Waals surface area (Å²) in [5, 5.41) is 3.87. The normalized spacial score (nSPS) is 11.6. The summed E-state index contributed by atoms with van der Waals surface area (Å²) in [5.41, 5.74) is 5.18. The van der Waals surface area contributed by atoms with Crippen LogP contribution in [0.25, 0.3) is 27.4 Å². The summed E-state index contributed by atoms with van der Waals surface area (Å²) in [6.45, 7) is 0. The van der Waals surface area contributed by atoms with Gasteiger partial charge in [0.05, 0.1) is 5.52 Å². The molecule has 1 nitrogen and oxygen atoms in total. The molecule has 4 heteroatoms. The van der Waals surface area contributed by atoms with Crippen LogP contribution in [0.1, 0.15) is 12.0 Å². The van der Waals surface area contributed by atoms with Crippen LogP contribution in [0, 0.1) is 6.08 Å². The molecule has 1 aliphatic rings. The van der Waals surface area contributed by atoms with Crippen molar-refractivity contribution in [1.29, 1.82) is 0 Å². The van der Waals surface area contributed by atoms with Gasteiger partial charge in [0.2, 0.25) is 0 Å². The number of halogens is 2. The molecule has 1 aliphatic carbocycles. The predicted octanol–water partition coefficient (Wildman–Crippen LogP) is 1.43. The summed E-state index contributed by atoms with van der Waals surface area (Å²) < 4.78 is 2.25. The Labute approximate surface area is 227 Å². The van der Waals surface area contributed by atoms with Gasteiger partial charge in [-0.05, 0) is 35.2 Å². The Morgan fingerprint density at radius 3 is 2.21 bits per heavy atom. The third kappa shape index (κ3) is 6.42. The van der Waals surface area contributed by atoms with E-state index in [9.17, 15) is 0 Å². The molecule has 0 radical (unpaired) electrons. The van der Waals surface area contributed by atoms with Gasteiger partial charge in [-0.15, -0.1) is 47.5 Å². The molecule has 0 spiro atoms. The molecule has 162 valence electrons. The van der Waals surface area contributed by atoms with Crippen LogP contribution in [0.3, 0.4) is 0 Å². The third-order valence-electron chi connectivity index (χ3n) is 5.48. The van der Waals surface area contributed by atoms with Crippen molar-refractivity contribution in [3.8, 4) is 5.69 Å². The van der Waals surface area contributed by atoms with Gasteiger partial charge in [-0.3, -0.25) is 6.08 Å². The Hall–Kier alpha value is -2.25. The zero-order valence-corrected chi connectivity index (χ0v) is 22.1. The fourth-order valence-corrected chi connectivity index (χ4v) is 3.97. The maximum absolute atomic E-state index is 3.31. The SMILES string of the molecule is [C-]1=C(Cc2ccccc2)C=CC1.[Cl-].[Cl-].[Zr+4].c1ccc2[cH-]c(-n3ccc4ccccc43)cc2c1. The summed E-state index contributed by atoms with van der Waals surface area (Å²) >= 11 is 0. The van der Waals surface area contributed by atoms with E-state index in [-0.39, 0.29) is 51.0 Å². The van der Waals surface area contributed by atoms with E-state index in [2.05, 4.69) is 120 Å². The standard InChI is InChI=1S/C17H12N.C12H11.2ClH.Zr/c1-2-7-15-12-16(11-14(15)6-1)18-10-9-13-5-3-4-8-17(13)18;1-2-6-11(7-3-1)10-12-8-4-5-9-12;;;/h1-12H;1-4,6-8H,5,10H2;2*1H;/q2*-1;;;+4/p-2. The molecule has 0 N–H and O–H groups in total. The number of hydrogen-bond donors (Lipinski definition) is 0. The quantitative estimate of drug-likeness (QED) is 0.302. The average Bonchev–Trinajstić information content (AvgIpc) is 3.54. The summed E-state index contributed by atoms with van der Waals surface area (Å²) in [6, 6.07) is 34.1. The van der Waals surface area contributed by atoms with Crippen molar-refractivity contribution in [3.63, 3.8) is 0 Å². The van der Waals surface area contributed by atoms with Crippen LogP contribution < -0.4 is 24.8 Å². The van der Waals surface area contributed by atoms with Crippen LogP contribution in [0.2, 0.25) is 0 Å². The van der Waals surface area contributed by atoms with E-state index in [1.54, 1.807) is 0 Å². The molecule has 1 heterocycles. The Morgan fingerprint density at radius 1 is 0.788 bits per heavy atom. The first-order valence-corrected chi connectivity index (χ1v) is 10.4. The number of benzene rings is 3. The van der Waals surface area contributed by atoms with Crippen molar-refractivity contribution < 1.29 is 51.0 Å². The third-order valence-corrected chi connectivity index (χ3v) is 5.48. The fourth-order valence-electron chi connectivity index (χ4n) is 3.97. The van der Waals surface area contributed by atoms with Crippen LogP contribution in [0.5, 0.6) is 0 Å². The molecule has 33 heavy (non-hydrogen) atoms. The molecule has 0 atom stereocenters. The molecule has 0 fully saturated rings. The van der Waals surface area contributed by atoms with E-state index in [0.717, 1.165) is 12.8 Å². The number of rotatable bonds is 3. The topological polar surface area (TPSA) is 4.93 Å². The average molecular weight is 548 g/mol. The molecule has 1 aromatic heterocycles. The van der Waals surface area contributed by atoms with Gasteiger partial charge in [0, 0.05) is 6.20 Å². The Bertz CT molecular complexity index is 1310. The van der Waals surface area contributed by atoms with Crippen molar-refractivity contribution in [2.45, 2.75) is 12.8 Å². The number of nitrogens with zero attached hydrogens (tertiary/aromatic N) is 1. The van der Waals surface area contributed by atoms with Gasteiger partial charge in [0.15, 0.2) is 0 Å². The second-order valence-corrected chi connectivity index (χ2v) is 7.56. The molecule has 5 aromatic rings. The monoisotopic (exact) mass is 545 g/mol. The first-order chi connectivity index (χ1) is 14.9. The second kappa shape index (κ2) is 12.8. The smallest absolute Gasteiger partial charge is 1.00 e. The Balaban J connectivity index is 0.000000229. The van der Waals surface area contributed by atoms with Gasteiger partial charge in [-0.25, -0.2) is 11.6 Å². The van der Waals surface area contributed by atoms with Crippen LogP contribution in [-0.2, 0) is 32.6 Å². The van der Waals surface area contributed by atoms with E-state index in [0.29, 0.717) is 0 Å². The van der Waals surface area contributed by atoms with Crippen LogP contribution in [0.15, 0.2) is 121 Å². The molecule has 4 aromatic carbocycles. The fraction of sp³-hybridized carbons (Fsp3) is 0.0690. The van der Waals surface area contributed by atoms with E-state index in [4.69, 9.17) is 0 Å². The van der Waals surface area contributed by atoms with Crippen molar-refractivity contribution in [1.82, 2.24) is 4.57 Å². The molecular weight excluding hydrogens is 524 g/mol. The van der Waals surface area contributed by atoms with Gasteiger partial charge < -0.3 is 29.4 Å². The van der Waals surface area contributed by atoms with Crippen molar-refractivity contribution in [3.05, 3.63) is 133 Å². The molecule has 0 aliphatic heterocycles. The van der Waals surface area contributed by atoms with Gasteiger partial charge in [-0.2, -0.15) is 6.08 Å². The minimum atomic E-state index is 0. The maximum Gasteiger partial charge on any atom is 4.00 e. The molecule has 6 rings (SSSR count). The van der Waals surface area contributed by atoms with Gasteiger partial charge in [0.25, 0.3) is 0 Å². The number of hydrogen-bond acceptors (Lipinski definition) is 0. The number of para-hydroxylation sites is 1. The summed E-state index contributed by atoms with van der Waals surface area (Å²) in [7, 11) is 0. The van der Waals surface area contributed by atoms with E-state index in [1.165, 1.54) is 38.5 Å². The zero-order chi connectivity index (χ0) is 20.2. The molecule has 0 saturated carbocycles. The van der Waals surface area contributed by atoms with E-state index >= 15 is 0 Å². The maximum atomic E-state index is 3.31. The first kappa shape index (κ1) is 27.0. The van der Waals surface area contributed by atoms with Gasteiger partial charge >= 0.3 is 26.2 Å². The summed E-state index contributed by atoms with van der Waals surface area (Å²) in [6.07, 6.45) is 11.8. The van der Waals surface area contributed by atoms with Crippen LogP contribution >= 0.6 is 0 Å². The second-order valence-electron chi connectivity index (χ2n) is 7.56. The molecule has 0 unspecified atom stereocenters. The molecular formula is C29H23Cl2NZr. The van der Waals surface area contributed by atoms with E-state index in [1.807, 2.05) is 6.07 Å². The van der Waals surface area contributed by atoms with Crippen molar-refractivity contribution in [2.75, 3.05) is 0 Å². The summed E-state index contributed by atoms with van der Waals surface area (Å²) in [5.74, 6) is 0. The predicted molar refractivity (Wildman–Crippen MR) is 127 cm³/mol. The first-order valence-electron chi connectivity index (χ1n) is 10.4. The molecule has 0 saturated heterocycles. The van der Waals surface area contributed by atoms with E-state index < -0.39 is 0 Å². The summed E-state index contributed by atoms with van der Waals surface area (Å²) in [4.78, 5) is 0. The van der Waals surface area contributed by atoms with Gasteiger partial charge in [0.1, 0.15) is 0 Å². The van der Waals surface area contributed by atoms with Crippen LogP contribution in [-0.4, -0.2) is 4.57 Å². The van der Waals surface area contributed by atoms with Gasteiger partial charge in [-0.1, -0.05) is 54.6 Å². The Morgan fingerprint density at radius 2 is 1.48 bits per heavy atom. The zero-order valence-electron chi connectivity index (χ0n) is 18.1. The number of allylic oxidation sites excluding steroid dienone is 4. The molecule has 0 amide bonds. The van der Waals surface area contributed by atoms with Crippen LogP contribution in [0.4, 0.5) is 0 Å². The minimum absolute atomic E-state index is 0. The minimum Gasteiger partial charge on any atom is -1.00 e. The number of fused-ring (bicyclic) bond motifs is 2. The largest absolute Gasteiger partial charge is 4.00 e.